The van der Waals surface area contributed by atoms with Crippen LogP contribution in [0.2, 0.25) is 5.02 Å². The van der Waals surface area contributed by atoms with Crippen molar-refractivity contribution >= 4 is 34.7 Å². The van der Waals surface area contributed by atoms with Gasteiger partial charge in [0.25, 0.3) is 5.22 Å². The van der Waals surface area contributed by atoms with E-state index in [1.165, 1.54) is 18.1 Å². The van der Waals surface area contributed by atoms with Crippen LogP contribution in [0.4, 0.5) is 0 Å². The zero-order chi connectivity index (χ0) is 17.1. The number of rotatable bonds is 6. The van der Waals surface area contributed by atoms with Crippen molar-refractivity contribution in [2.75, 3.05) is 0 Å². The van der Waals surface area contributed by atoms with Crippen LogP contribution in [0, 0.1) is 0 Å². The van der Waals surface area contributed by atoms with Crippen molar-refractivity contribution in [1.29, 1.82) is 0 Å². The van der Waals surface area contributed by atoms with E-state index in [1.54, 1.807) is 22.3 Å². The average molecular weight is 391 g/mol. The standard InChI is InChI=1S/C15H11ClN6OS2/c16-11-3-1-10(2-4-11)14-19-12(6-24-14)7-25-15-21-20-13(23-15)5-22-9-17-8-18-22/h1-4,6,8-9H,5,7H2. The number of nitrogens with zero attached hydrogens (tertiary/aromatic N) is 6. The fraction of sp³-hybridized carbons (Fsp3) is 0.133. The molecule has 0 aliphatic heterocycles. The summed E-state index contributed by atoms with van der Waals surface area (Å²) in [4.78, 5) is 8.51. The van der Waals surface area contributed by atoms with Crippen molar-refractivity contribution in [3.05, 3.63) is 58.9 Å². The molecule has 0 saturated carbocycles. The highest BCUT2D eigenvalue weighted by atomic mass is 35.5. The number of hydrogen-bond donors (Lipinski definition) is 0. The van der Waals surface area contributed by atoms with Gasteiger partial charge >= 0.3 is 0 Å². The first-order chi connectivity index (χ1) is 12.3. The molecule has 4 aromatic rings. The molecule has 0 fully saturated rings. The summed E-state index contributed by atoms with van der Waals surface area (Å²) in [5.74, 6) is 1.16. The monoisotopic (exact) mass is 390 g/mol. The third-order valence-electron chi connectivity index (χ3n) is 3.20. The molecule has 3 aromatic heterocycles. The highest BCUT2D eigenvalue weighted by Crippen LogP contribution is 2.28. The van der Waals surface area contributed by atoms with Crippen LogP contribution in [-0.2, 0) is 12.3 Å². The summed E-state index contributed by atoms with van der Waals surface area (Å²) >= 11 is 8.97. The molecule has 10 heteroatoms. The summed E-state index contributed by atoms with van der Waals surface area (Å²) < 4.78 is 7.22. The van der Waals surface area contributed by atoms with E-state index in [1.807, 2.05) is 29.6 Å². The zero-order valence-electron chi connectivity index (χ0n) is 12.7. The highest BCUT2D eigenvalue weighted by molar-refractivity contribution is 7.98. The van der Waals surface area contributed by atoms with Crippen LogP contribution < -0.4 is 0 Å². The van der Waals surface area contributed by atoms with E-state index in [0.717, 1.165) is 16.3 Å². The van der Waals surface area contributed by atoms with Crippen molar-refractivity contribution in [3.8, 4) is 10.6 Å². The summed E-state index contributed by atoms with van der Waals surface area (Å²) in [6.45, 7) is 0.408. The Morgan fingerprint density at radius 2 is 2.08 bits per heavy atom. The van der Waals surface area contributed by atoms with Crippen LogP contribution in [0.15, 0.2) is 51.9 Å². The lowest BCUT2D eigenvalue weighted by atomic mass is 10.2. The minimum Gasteiger partial charge on any atom is -0.414 e. The minimum atomic E-state index is 0.408. The normalized spacial score (nSPS) is 11.1. The molecule has 1 aromatic carbocycles. The van der Waals surface area contributed by atoms with Crippen LogP contribution in [0.5, 0.6) is 0 Å². The summed E-state index contributed by atoms with van der Waals surface area (Å²) in [6, 6.07) is 7.66. The Hall–Kier alpha value is -2.23. The predicted octanol–water partition coefficient (Wildman–Crippen LogP) is 3.78. The van der Waals surface area contributed by atoms with Crippen molar-refractivity contribution in [2.45, 2.75) is 17.5 Å². The Morgan fingerprint density at radius 3 is 2.88 bits per heavy atom. The van der Waals surface area contributed by atoms with Gasteiger partial charge in [0.2, 0.25) is 5.89 Å². The molecule has 0 spiro atoms. The maximum Gasteiger partial charge on any atom is 0.277 e. The van der Waals surface area contributed by atoms with Gasteiger partial charge in [-0.05, 0) is 12.1 Å². The van der Waals surface area contributed by atoms with Crippen LogP contribution >= 0.6 is 34.7 Å². The summed E-state index contributed by atoms with van der Waals surface area (Å²) in [5, 5.41) is 16.3. The number of benzene rings is 1. The number of aromatic nitrogens is 6. The van der Waals surface area contributed by atoms with Crippen LogP contribution in [0.1, 0.15) is 11.6 Å². The molecular formula is C15H11ClN6OS2. The van der Waals surface area contributed by atoms with Gasteiger partial charge < -0.3 is 4.42 Å². The lowest BCUT2D eigenvalue weighted by Gasteiger charge is -1.96. The van der Waals surface area contributed by atoms with E-state index < -0.39 is 0 Å². The lowest BCUT2D eigenvalue weighted by molar-refractivity contribution is 0.397. The van der Waals surface area contributed by atoms with Gasteiger partial charge in [0.1, 0.15) is 24.2 Å². The first-order valence-electron chi connectivity index (χ1n) is 7.24. The maximum atomic E-state index is 5.92. The topological polar surface area (TPSA) is 82.5 Å². The van der Waals surface area contributed by atoms with Gasteiger partial charge in [-0.15, -0.1) is 21.5 Å². The van der Waals surface area contributed by atoms with Gasteiger partial charge in [-0.2, -0.15) is 5.10 Å². The fourth-order valence-corrected chi connectivity index (χ4v) is 3.78. The Labute approximate surface area is 156 Å². The molecule has 3 heterocycles. The van der Waals surface area contributed by atoms with Gasteiger partial charge in [-0.25, -0.2) is 14.6 Å². The summed E-state index contributed by atoms with van der Waals surface area (Å²) in [7, 11) is 0. The van der Waals surface area contributed by atoms with Gasteiger partial charge in [0.05, 0.1) is 5.69 Å². The van der Waals surface area contributed by atoms with E-state index in [-0.39, 0.29) is 0 Å². The molecule has 0 atom stereocenters. The highest BCUT2D eigenvalue weighted by Gasteiger charge is 2.10. The lowest BCUT2D eigenvalue weighted by Crippen LogP contribution is -1.99. The van der Waals surface area contributed by atoms with Crippen LogP contribution in [0.25, 0.3) is 10.6 Å². The SMILES string of the molecule is Clc1ccc(-c2nc(CSc3nnc(Cn4cncn4)o3)cs2)cc1. The second-order valence-electron chi connectivity index (χ2n) is 4.99. The molecule has 7 nitrogen and oxygen atoms in total. The quantitative estimate of drug-likeness (QED) is 0.463. The summed E-state index contributed by atoms with van der Waals surface area (Å²) in [5.41, 5.74) is 2.02. The van der Waals surface area contributed by atoms with E-state index >= 15 is 0 Å². The molecule has 0 saturated heterocycles. The number of halogens is 1. The Morgan fingerprint density at radius 1 is 1.20 bits per heavy atom. The molecule has 0 unspecified atom stereocenters. The van der Waals surface area contributed by atoms with Crippen LogP contribution in [0.3, 0.4) is 0 Å². The van der Waals surface area contributed by atoms with E-state index in [4.69, 9.17) is 16.0 Å². The van der Waals surface area contributed by atoms with Crippen LogP contribution in [-0.4, -0.2) is 29.9 Å². The third-order valence-corrected chi connectivity index (χ3v) is 5.24. The van der Waals surface area contributed by atoms with Crippen molar-refractivity contribution in [1.82, 2.24) is 29.9 Å². The van der Waals surface area contributed by atoms with Crippen molar-refractivity contribution in [3.63, 3.8) is 0 Å². The third kappa shape index (κ3) is 4.06. The number of thioether (sulfide) groups is 1. The predicted molar refractivity (Wildman–Crippen MR) is 95.5 cm³/mol. The second kappa shape index (κ2) is 7.34. The molecular weight excluding hydrogens is 380 g/mol. The minimum absolute atomic E-state index is 0.408. The van der Waals surface area contributed by atoms with E-state index in [2.05, 4.69) is 25.3 Å². The molecule has 0 aliphatic carbocycles. The Kier molecular flexibility index (Phi) is 4.77. The van der Waals surface area contributed by atoms with Gasteiger partial charge in [-0.1, -0.05) is 35.5 Å². The van der Waals surface area contributed by atoms with Crippen molar-refractivity contribution in [2.24, 2.45) is 0 Å². The van der Waals surface area contributed by atoms with Gasteiger partial charge in [-0.3, -0.25) is 0 Å². The van der Waals surface area contributed by atoms with E-state index in [0.29, 0.717) is 28.4 Å². The van der Waals surface area contributed by atoms with Crippen molar-refractivity contribution < 1.29 is 4.42 Å². The largest absolute Gasteiger partial charge is 0.414 e. The molecule has 0 amide bonds. The molecule has 0 radical (unpaired) electrons. The molecule has 126 valence electrons. The average Bonchev–Trinajstić information content (AvgIpc) is 3.36. The fourth-order valence-electron chi connectivity index (χ4n) is 2.05. The van der Waals surface area contributed by atoms with Gasteiger partial charge in [0.15, 0.2) is 0 Å². The number of hydrogen-bond acceptors (Lipinski definition) is 8. The van der Waals surface area contributed by atoms with E-state index in [9.17, 15) is 0 Å². The Balaban J connectivity index is 1.37. The summed E-state index contributed by atoms with van der Waals surface area (Å²) in [6.07, 6.45) is 3.07. The maximum absolute atomic E-state index is 5.92. The molecule has 0 N–H and O–H groups in total. The zero-order valence-corrected chi connectivity index (χ0v) is 15.1. The Bertz CT molecular complexity index is 951. The molecule has 4 rings (SSSR count). The molecule has 25 heavy (non-hydrogen) atoms. The van der Waals surface area contributed by atoms with Gasteiger partial charge in [0, 0.05) is 21.7 Å². The molecule has 0 bridgehead atoms. The second-order valence-corrected chi connectivity index (χ2v) is 7.22. The first kappa shape index (κ1) is 16.2. The smallest absolute Gasteiger partial charge is 0.277 e. The number of thiazole rings is 1. The molecule has 0 aliphatic rings. The first-order valence-corrected chi connectivity index (χ1v) is 9.48.